The summed E-state index contributed by atoms with van der Waals surface area (Å²) in [7, 11) is 1.67. The van der Waals surface area contributed by atoms with Gasteiger partial charge in [-0.1, -0.05) is 44.0 Å². The summed E-state index contributed by atoms with van der Waals surface area (Å²) in [5, 5.41) is 0. The Morgan fingerprint density at radius 2 is 1.95 bits per heavy atom. The van der Waals surface area contributed by atoms with Gasteiger partial charge in [-0.05, 0) is 54.3 Å². The predicted molar refractivity (Wildman–Crippen MR) is 93.4 cm³/mol. The van der Waals surface area contributed by atoms with Gasteiger partial charge in [-0.2, -0.15) is 0 Å². The quantitative estimate of drug-likeness (QED) is 0.558. The van der Waals surface area contributed by atoms with Crippen LogP contribution in [0, 0.1) is 0 Å². The van der Waals surface area contributed by atoms with E-state index >= 15 is 0 Å². The highest BCUT2D eigenvalue weighted by atomic mass is 79.9. The zero-order valence-electron chi connectivity index (χ0n) is 11.8. The standard InChI is InChI=1S/C16H18Br2N2O/c1-21-15-5-6-16(18)12(10-15)9-14(20-19)8-11-3-2-4-13(17)7-11/h2-7,10,14,20H,8-9,19H2,1H3. The molecule has 0 heterocycles. The first-order chi connectivity index (χ1) is 10.1. The maximum absolute atomic E-state index is 5.72. The average Bonchev–Trinajstić information content (AvgIpc) is 2.48. The number of hydrazine groups is 1. The van der Waals surface area contributed by atoms with Gasteiger partial charge in [-0.15, -0.1) is 0 Å². The van der Waals surface area contributed by atoms with E-state index in [1.54, 1.807) is 7.11 Å². The molecule has 0 fully saturated rings. The molecule has 0 saturated heterocycles. The number of hydrogen-bond acceptors (Lipinski definition) is 3. The van der Waals surface area contributed by atoms with E-state index in [2.05, 4.69) is 49.4 Å². The van der Waals surface area contributed by atoms with Crippen LogP contribution in [0.5, 0.6) is 5.75 Å². The number of rotatable bonds is 6. The summed E-state index contributed by atoms with van der Waals surface area (Å²) < 4.78 is 7.43. The first-order valence-corrected chi connectivity index (χ1v) is 8.24. The second-order valence-corrected chi connectivity index (χ2v) is 6.63. The molecule has 5 heteroatoms. The normalized spacial score (nSPS) is 12.2. The number of halogens is 2. The topological polar surface area (TPSA) is 47.3 Å². The molecule has 1 unspecified atom stereocenters. The molecule has 0 aliphatic rings. The van der Waals surface area contributed by atoms with Crippen LogP contribution in [0.3, 0.4) is 0 Å². The number of ether oxygens (including phenoxy) is 1. The molecule has 2 rings (SSSR count). The van der Waals surface area contributed by atoms with Gasteiger partial charge in [-0.3, -0.25) is 11.3 Å². The molecule has 0 bridgehead atoms. The van der Waals surface area contributed by atoms with E-state index in [4.69, 9.17) is 10.6 Å². The van der Waals surface area contributed by atoms with Crippen LogP contribution in [0.2, 0.25) is 0 Å². The van der Waals surface area contributed by atoms with Crippen LogP contribution >= 0.6 is 31.9 Å². The van der Waals surface area contributed by atoms with Crippen molar-refractivity contribution in [1.29, 1.82) is 0 Å². The molecule has 0 aliphatic heterocycles. The molecule has 21 heavy (non-hydrogen) atoms. The van der Waals surface area contributed by atoms with Crippen LogP contribution in [0.4, 0.5) is 0 Å². The Labute approximate surface area is 142 Å². The highest BCUT2D eigenvalue weighted by Crippen LogP contribution is 2.24. The summed E-state index contributed by atoms with van der Waals surface area (Å²) in [6.45, 7) is 0. The molecular weight excluding hydrogens is 396 g/mol. The SMILES string of the molecule is COc1ccc(Br)c(CC(Cc2cccc(Br)c2)NN)c1. The summed E-state index contributed by atoms with van der Waals surface area (Å²) in [5.41, 5.74) is 5.32. The molecule has 3 nitrogen and oxygen atoms in total. The van der Waals surface area contributed by atoms with Crippen molar-refractivity contribution < 1.29 is 4.74 Å². The number of hydrogen-bond donors (Lipinski definition) is 2. The van der Waals surface area contributed by atoms with Crippen LogP contribution in [-0.2, 0) is 12.8 Å². The molecule has 0 aliphatic carbocycles. The lowest BCUT2D eigenvalue weighted by Crippen LogP contribution is -2.38. The van der Waals surface area contributed by atoms with Gasteiger partial charge >= 0.3 is 0 Å². The van der Waals surface area contributed by atoms with E-state index in [9.17, 15) is 0 Å². The molecule has 0 radical (unpaired) electrons. The number of benzene rings is 2. The molecule has 2 aromatic rings. The Bertz CT molecular complexity index is 605. The summed E-state index contributed by atoms with van der Waals surface area (Å²) in [5.74, 6) is 6.57. The molecule has 0 aromatic heterocycles. The fraction of sp³-hybridized carbons (Fsp3) is 0.250. The van der Waals surface area contributed by atoms with E-state index in [-0.39, 0.29) is 6.04 Å². The second kappa shape index (κ2) is 7.94. The van der Waals surface area contributed by atoms with Gasteiger partial charge in [0.2, 0.25) is 0 Å². The van der Waals surface area contributed by atoms with Crippen molar-refractivity contribution in [2.75, 3.05) is 7.11 Å². The van der Waals surface area contributed by atoms with Crippen molar-refractivity contribution in [3.63, 3.8) is 0 Å². The fourth-order valence-electron chi connectivity index (χ4n) is 2.24. The molecule has 3 N–H and O–H groups in total. The Kier molecular flexibility index (Phi) is 6.23. The Hall–Kier alpha value is -0.880. The molecule has 0 spiro atoms. The molecule has 0 saturated carbocycles. The van der Waals surface area contributed by atoms with Crippen molar-refractivity contribution in [2.45, 2.75) is 18.9 Å². The zero-order valence-corrected chi connectivity index (χ0v) is 14.9. The van der Waals surface area contributed by atoms with E-state index in [0.717, 1.165) is 27.5 Å². The van der Waals surface area contributed by atoms with Crippen molar-refractivity contribution in [2.24, 2.45) is 5.84 Å². The lowest BCUT2D eigenvalue weighted by molar-refractivity contribution is 0.413. The third kappa shape index (κ3) is 4.81. The fourth-order valence-corrected chi connectivity index (χ4v) is 3.09. The summed E-state index contributed by atoms with van der Waals surface area (Å²) in [6, 6.07) is 14.4. The first kappa shape index (κ1) is 16.5. The Morgan fingerprint density at radius 1 is 1.14 bits per heavy atom. The minimum atomic E-state index is 0.155. The summed E-state index contributed by atoms with van der Waals surface area (Å²) in [6.07, 6.45) is 1.68. The first-order valence-electron chi connectivity index (χ1n) is 6.65. The molecule has 1 atom stereocenters. The zero-order chi connectivity index (χ0) is 15.2. The van der Waals surface area contributed by atoms with Crippen molar-refractivity contribution >= 4 is 31.9 Å². The molecule has 0 amide bonds. The maximum Gasteiger partial charge on any atom is 0.119 e. The minimum Gasteiger partial charge on any atom is -0.497 e. The largest absolute Gasteiger partial charge is 0.497 e. The van der Waals surface area contributed by atoms with Crippen molar-refractivity contribution in [3.8, 4) is 5.75 Å². The van der Waals surface area contributed by atoms with Crippen LogP contribution in [-0.4, -0.2) is 13.2 Å². The van der Waals surface area contributed by atoms with Gasteiger partial charge in [0.05, 0.1) is 7.11 Å². The van der Waals surface area contributed by atoms with Gasteiger partial charge in [0.25, 0.3) is 0 Å². The third-order valence-corrected chi connectivity index (χ3v) is 4.59. The van der Waals surface area contributed by atoms with Gasteiger partial charge in [0.1, 0.15) is 5.75 Å². The van der Waals surface area contributed by atoms with E-state index in [0.29, 0.717) is 0 Å². The average molecular weight is 414 g/mol. The highest BCUT2D eigenvalue weighted by molar-refractivity contribution is 9.10. The monoisotopic (exact) mass is 412 g/mol. The van der Waals surface area contributed by atoms with Gasteiger partial charge < -0.3 is 4.74 Å². The summed E-state index contributed by atoms with van der Waals surface area (Å²) in [4.78, 5) is 0. The molecular formula is C16H18Br2N2O. The molecule has 2 aromatic carbocycles. The smallest absolute Gasteiger partial charge is 0.119 e. The number of nitrogens with one attached hydrogen (secondary N) is 1. The highest BCUT2D eigenvalue weighted by Gasteiger charge is 2.12. The predicted octanol–water partition coefficient (Wildman–Crippen LogP) is 3.84. The summed E-state index contributed by atoms with van der Waals surface area (Å²) >= 11 is 7.08. The van der Waals surface area contributed by atoms with E-state index in [1.807, 2.05) is 30.3 Å². The lowest BCUT2D eigenvalue weighted by Gasteiger charge is -2.17. The third-order valence-electron chi connectivity index (χ3n) is 3.33. The second-order valence-electron chi connectivity index (χ2n) is 4.86. The minimum absolute atomic E-state index is 0.155. The lowest BCUT2D eigenvalue weighted by atomic mass is 9.99. The van der Waals surface area contributed by atoms with E-state index < -0.39 is 0 Å². The Morgan fingerprint density at radius 3 is 2.62 bits per heavy atom. The molecule has 112 valence electrons. The Balaban J connectivity index is 2.12. The van der Waals surface area contributed by atoms with Crippen molar-refractivity contribution in [1.82, 2.24) is 5.43 Å². The van der Waals surface area contributed by atoms with Gasteiger partial charge in [0.15, 0.2) is 0 Å². The van der Waals surface area contributed by atoms with Gasteiger partial charge in [0, 0.05) is 15.0 Å². The number of nitrogens with two attached hydrogens (primary N) is 1. The van der Waals surface area contributed by atoms with Crippen molar-refractivity contribution in [3.05, 3.63) is 62.5 Å². The maximum atomic E-state index is 5.72. The number of methoxy groups -OCH3 is 1. The van der Waals surface area contributed by atoms with Crippen LogP contribution in [0.15, 0.2) is 51.4 Å². The van der Waals surface area contributed by atoms with Crippen LogP contribution < -0.4 is 16.0 Å². The van der Waals surface area contributed by atoms with Crippen LogP contribution in [0.1, 0.15) is 11.1 Å². The van der Waals surface area contributed by atoms with Crippen LogP contribution in [0.25, 0.3) is 0 Å². The van der Waals surface area contributed by atoms with E-state index in [1.165, 1.54) is 11.1 Å². The van der Waals surface area contributed by atoms with Gasteiger partial charge in [-0.25, -0.2) is 0 Å².